The Kier molecular flexibility index (Phi) is 27.7. The van der Waals surface area contributed by atoms with Crippen LogP contribution in [0.2, 0.25) is 0 Å². The highest BCUT2D eigenvalue weighted by atomic mass is 16.1. The molecule has 52 valence electrons. The molecule has 0 aromatic rings. The molecule has 9 heavy (non-hydrogen) atoms. The Morgan fingerprint density at radius 1 is 1.00 bits per heavy atom. The van der Waals surface area contributed by atoms with Crippen LogP contribution in [0, 0.1) is 0 Å². The third kappa shape index (κ3) is 20.4. The minimum Gasteiger partial charge on any atom is -0.344 e. The fourth-order valence-corrected chi connectivity index (χ4v) is 0.0931. The maximum atomic E-state index is 9.20. The second-order valence-electron chi connectivity index (χ2n) is 0.640. The third-order valence-corrected chi connectivity index (χ3v) is 0.271. The van der Waals surface area contributed by atoms with Gasteiger partial charge < -0.3 is 12.3 Å². The van der Waals surface area contributed by atoms with Crippen LogP contribution in [0.4, 0.5) is 0 Å². The maximum Gasteiger partial charge on any atom is 0.236 e. The normalized spacial score (nSPS) is 4.44. The first-order chi connectivity index (χ1) is 3.41. The van der Waals surface area contributed by atoms with Crippen molar-refractivity contribution >= 4 is 12.2 Å². The summed E-state index contributed by atoms with van der Waals surface area (Å²) in [6.07, 6.45) is 2.41. The molecule has 0 atom stereocenters. The standard InChI is InChI=1S/C3H2N2O2.2H3N/c6-2-4-1-5-3-7;;/h1H2;2*1H3. The Bertz CT molecular complexity index is 117. The van der Waals surface area contributed by atoms with Gasteiger partial charge in [-0.3, -0.25) is 0 Å². The van der Waals surface area contributed by atoms with Crippen LogP contribution in [-0.2, 0) is 9.59 Å². The lowest BCUT2D eigenvalue weighted by Crippen LogP contribution is -1.66. The summed E-state index contributed by atoms with van der Waals surface area (Å²) in [5, 5.41) is 0. The van der Waals surface area contributed by atoms with Crippen LogP contribution < -0.4 is 12.3 Å². The molecule has 0 radical (unpaired) electrons. The van der Waals surface area contributed by atoms with Crippen molar-refractivity contribution in [3.8, 4) is 0 Å². The van der Waals surface area contributed by atoms with Gasteiger partial charge in [-0.25, -0.2) is 9.59 Å². The first kappa shape index (κ1) is 15.6. The van der Waals surface area contributed by atoms with Gasteiger partial charge in [-0.15, -0.1) is 0 Å². The van der Waals surface area contributed by atoms with Crippen LogP contribution in [0.5, 0.6) is 0 Å². The molecule has 0 saturated heterocycles. The van der Waals surface area contributed by atoms with E-state index in [1.807, 2.05) is 0 Å². The van der Waals surface area contributed by atoms with E-state index >= 15 is 0 Å². The van der Waals surface area contributed by atoms with Crippen molar-refractivity contribution in [3.63, 3.8) is 0 Å². The van der Waals surface area contributed by atoms with E-state index in [4.69, 9.17) is 0 Å². The molecule has 0 bridgehead atoms. The van der Waals surface area contributed by atoms with Gasteiger partial charge in [-0.2, -0.15) is 9.98 Å². The number of hydrogen-bond acceptors (Lipinski definition) is 6. The Morgan fingerprint density at radius 3 is 1.56 bits per heavy atom. The van der Waals surface area contributed by atoms with Gasteiger partial charge in [-0.05, 0) is 0 Å². The van der Waals surface area contributed by atoms with Gasteiger partial charge in [0.1, 0.15) is 0 Å². The molecule has 0 rings (SSSR count). The minimum atomic E-state index is -0.160. The lowest BCUT2D eigenvalue weighted by Gasteiger charge is -1.63. The van der Waals surface area contributed by atoms with Crippen molar-refractivity contribution in [2.45, 2.75) is 0 Å². The molecule has 0 saturated carbocycles. The summed E-state index contributed by atoms with van der Waals surface area (Å²) < 4.78 is 0. The van der Waals surface area contributed by atoms with E-state index in [0.717, 1.165) is 0 Å². The van der Waals surface area contributed by atoms with Gasteiger partial charge in [0.15, 0.2) is 6.67 Å². The molecule has 0 aromatic heterocycles. The van der Waals surface area contributed by atoms with Crippen LogP contribution in [-0.4, -0.2) is 18.8 Å². The van der Waals surface area contributed by atoms with Crippen molar-refractivity contribution in [1.29, 1.82) is 0 Å². The first-order valence-electron chi connectivity index (χ1n) is 1.49. The highest BCUT2D eigenvalue weighted by molar-refractivity contribution is 5.35. The van der Waals surface area contributed by atoms with Crippen LogP contribution in [0.15, 0.2) is 9.98 Å². The Balaban J connectivity index is -0.000000180. The topological polar surface area (TPSA) is 129 Å². The molecule has 0 amide bonds. The fraction of sp³-hybridized carbons (Fsp3) is 0.333. The van der Waals surface area contributed by atoms with Crippen molar-refractivity contribution < 1.29 is 9.59 Å². The number of rotatable bonds is 2. The van der Waals surface area contributed by atoms with Crippen molar-refractivity contribution in [3.05, 3.63) is 0 Å². The van der Waals surface area contributed by atoms with E-state index in [1.54, 1.807) is 0 Å². The molecular weight excluding hydrogens is 124 g/mol. The Morgan fingerprint density at radius 2 is 1.33 bits per heavy atom. The number of aliphatic imine (C=N–C) groups is 2. The molecule has 0 unspecified atom stereocenters. The predicted molar refractivity (Wildman–Crippen MR) is 31.2 cm³/mol. The average molecular weight is 132 g/mol. The molecule has 0 aromatic carbocycles. The molecule has 0 spiro atoms. The van der Waals surface area contributed by atoms with E-state index in [0.29, 0.717) is 0 Å². The van der Waals surface area contributed by atoms with Gasteiger partial charge in [0, 0.05) is 0 Å². The van der Waals surface area contributed by atoms with Gasteiger partial charge >= 0.3 is 0 Å². The number of isocyanates is 2. The predicted octanol–water partition coefficient (Wildman–Crippen LogP) is -0.0605. The highest BCUT2D eigenvalue weighted by Crippen LogP contribution is 1.61. The van der Waals surface area contributed by atoms with Crippen molar-refractivity contribution in [1.82, 2.24) is 12.3 Å². The molecule has 0 fully saturated rings. The van der Waals surface area contributed by atoms with Crippen LogP contribution >= 0.6 is 0 Å². The van der Waals surface area contributed by atoms with Crippen molar-refractivity contribution in [2.24, 2.45) is 9.98 Å². The van der Waals surface area contributed by atoms with E-state index in [1.165, 1.54) is 12.2 Å². The monoisotopic (exact) mass is 132 g/mol. The van der Waals surface area contributed by atoms with Crippen molar-refractivity contribution in [2.75, 3.05) is 6.67 Å². The number of hydrogen-bond donors (Lipinski definition) is 2. The highest BCUT2D eigenvalue weighted by Gasteiger charge is 1.63. The molecule has 0 heterocycles. The lowest BCUT2D eigenvalue weighted by molar-refractivity contribution is 0.560. The molecular formula is C3H8N4O2. The minimum absolute atomic E-state index is 0. The quantitative estimate of drug-likeness (QED) is 0.402. The van der Waals surface area contributed by atoms with Gasteiger partial charge in [0.05, 0.1) is 0 Å². The molecule has 6 nitrogen and oxygen atoms in total. The van der Waals surface area contributed by atoms with Gasteiger partial charge in [-0.1, -0.05) is 0 Å². The summed E-state index contributed by atoms with van der Waals surface area (Å²) in [6, 6.07) is 0. The van der Waals surface area contributed by atoms with Gasteiger partial charge in [0.2, 0.25) is 12.2 Å². The second kappa shape index (κ2) is 15.9. The SMILES string of the molecule is N.N.O=C=NCN=C=O. The largest absolute Gasteiger partial charge is 0.344 e. The Labute approximate surface area is 51.9 Å². The zero-order chi connectivity index (χ0) is 5.54. The third-order valence-electron chi connectivity index (χ3n) is 0.271. The van der Waals surface area contributed by atoms with Crippen LogP contribution in [0.3, 0.4) is 0 Å². The maximum absolute atomic E-state index is 9.20. The first-order valence-corrected chi connectivity index (χ1v) is 1.49. The zero-order valence-corrected chi connectivity index (χ0v) is 4.83. The molecule has 6 heteroatoms. The smallest absolute Gasteiger partial charge is 0.236 e. The Hall–Kier alpha value is -1.32. The summed E-state index contributed by atoms with van der Waals surface area (Å²) >= 11 is 0. The molecule has 0 aliphatic heterocycles. The van der Waals surface area contributed by atoms with Gasteiger partial charge in [0.25, 0.3) is 0 Å². The zero-order valence-electron chi connectivity index (χ0n) is 4.83. The summed E-state index contributed by atoms with van der Waals surface area (Å²) in [5.74, 6) is 0. The summed E-state index contributed by atoms with van der Waals surface area (Å²) in [7, 11) is 0. The average Bonchev–Trinajstić information content (AvgIpc) is 1.69. The number of carbonyl (C=O) groups excluding carboxylic acids is 2. The van der Waals surface area contributed by atoms with E-state index in [-0.39, 0.29) is 19.0 Å². The molecule has 0 aliphatic rings. The summed E-state index contributed by atoms with van der Waals surface area (Å²) in [5.41, 5.74) is 0. The summed E-state index contributed by atoms with van der Waals surface area (Å²) in [6.45, 7) is -0.160. The fourth-order valence-electron chi connectivity index (χ4n) is 0.0931. The van der Waals surface area contributed by atoms with E-state index in [2.05, 4.69) is 9.98 Å². The van der Waals surface area contributed by atoms with Crippen LogP contribution in [0.1, 0.15) is 0 Å². The molecule has 6 N–H and O–H groups in total. The lowest BCUT2D eigenvalue weighted by atomic mass is 11.1. The summed E-state index contributed by atoms with van der Waals surface area (Å²) in [4.78, 5) is 24.2. The number of nitrogens with zero attached hydrogens (tertiary/aromatic N) is 2. The van der Waals surface area contributed by atoms with E-state index < -0.39 is 0 Å². The van der Waals surface area contributed by atoms with E-state index in [9.17, 15) is 9.59 Å². The van der Waals surface area contributed by atoms with Crippen LogP contribution in [0.25, 0.3) is 0 Å². The molecule has 0 aliphatic carbocycles. The second-order valence-corrected chi connectivity index (χ2v) is 0.640.